The van der Waals surface area contributed by atoms with E-state index in [2.05, 4.69) is 22.6 Å². The zero-order valence-corrected chi connectivity index (χ0v) is 13.0. The third-order valence-corrected chi connectivity index (χ3v) is 1.34. The summed E-state index contributed by atoms with van der Waals surface area (Å²) in [5, 5.41) is 17.1. The molecule has 0 radical (unpaired) electrons. The molecule has 0 saturated heterocycles. The maximum absolute atomic E-state index is 10.5. The number of aliphatic hydroxyl groups is 2. The van der Waals surface area contributed by atoms with Crippen LogP contribution in [-0.4, -0.2) is 35.4 Å². The van der Waals surface area contributed by atoms with Gasteiger partial charge in [-0.05, 0) is 13.8 Å². The van der Waals surface area contributed by atoms with Crippen molar-refractivity contribution in [3.05, 3.63) is 49.0 Å². The number of esters is 2. The number of hydrogen-bond acceptors (Lipinski definition) is 6. The van der Waals surface area contributed by atoms with Gasteiger partial charge in [-0.1, -0.05) is 25.3 Å². The summed E-state index contributed by atoms with van der Waals surface area (Å²) in [5.74, 6) is -1.23. The molecule has 0 aliphatic heterocycles. The molecular weight excluding hydrogens is 323 g/mol. The molecule has 21 heavy (non-hydrogen) atoms. The first-order valence-corrected chi connectivity index (χ1v) is 5.63. The summed E-state index contributed by atoms with van der Waals surface area (Å²) in [6.07, 6.45) is 4.92. The van der Waals surface area contributed by atoms with Crippen LogP contribution in [-0.2, 0) is 35.6 Å². The average Bonchev–Trinajstić information content (AvgIpc) is 2.33. The smallest absolute Gasteiger partial charge is 0.334 e. The van der Waals surface area contributed by atoms with Crippen molar-refractivity contribution in [3.63, 3.8) is 0 Å². The first-order chi connectivity index (χ1) is 9.33. The van der Waals surface area contributed by atoms with Gasteiger partial charge < -0.3 is 19.7 Å². The minimum atomic E-state index is -0.556. The fourth-order valence-electron chi connectivity index (χ4n) is 0.707. The van der Waals surface area contributed by atoms with Gasteiger partial charge in [0.1, 0.15) is 13.2 Å². The maximum Gasteiger partial charge on any atom is 0.334 e. The molecule has 0 amide bonds. The predicted molar refractivity (Wildman–Crippen MR) is 75.1 cm³/mol. The molecule has 0 fully saturated rings. The van der Waals surface area contributed by atoms with Crippen LogP contribution in [0.4, 0.5) is 0 Å². The molecule has 0 atom stereocenters. The summed E-state index contributed by atoms with van der Waals surface area (Å²) >= 11 is 0. The summed E-state index contributed by atoms with van der Waals surface area (Å²) in [6.45, 7) is 9.84. The first-order valence-electron chi connectivity index (χ1n) is 5.63. The van der Waals surface area contributed by atoms with Crippen LogP contribution in [0.3, 0.4) is 0 Å². The van der Waals surface area contributed by atoms with Crippen LogP contribution in [0.15, 0.2) is 49.0 Å². The van der Waals surface area contributed by atoms with Crippen LogP contribution in [0.5, 0.6) is 0 Å². The van der Waals surface area contributed by atoms with Crippen molar-refractivity contribution in [1.29, 1.82) is 0 Å². The Balaban J connectivity index is -0.000000295. The van der Waals surface area contributed by atoms with Gasteiger partial charge in [-0.2, -0.15) is 0 Å². The van der Waals surface area contributed by atoms with Gasteiger partial charge in [0.05, 0.1) is 23.7 Å². The van der Waals surface area contributed by atoms with Crippen LogP contribution < -0.4 is 0 Å². The number of rotatable bonds is 6. The van der Waals surface area contributed by atoms with Crippen molar-refractivity contribution in [2.24, 2.45) is 0 Å². The molecule has 122 valence electrons. The van der Waals surface area contributed by atoms with Crippen LogP contribution >= 0.6 is 0 Å². The van der Waals surface area contributed by atoms with E-state index in [-0.39, 0.29) is 41.2 Å². The molecule has 0 rings (SSSR count). The number of allylic oxidation sites excluding steroid dienone is 2. The van der Waals surface area contributed by atoms with Gasteiger partial charge in [0, 0.05) is 16.5 Å². The van der Waals surface area contributed by atoms with E-state index in [1.165, 1.54) is 26.0 Å². The number of carbonyl (C=O) groups excluding carboxylic acids is 2. The van der Waals surface area contributed by atoms with Crippen LogP contribution in [0.25, 0.3) is 0 Å². The largest absolute Gasteiger partial charge is 0.512 e. The van der Waals surface area contributed by atoms with Crippen molar-refractivity contribution in [3.8, 4) is 0 Å². The maximum atomic E-state index is 10.5. The van der Waals surface area contributed by atoms with Crippen molar-refractivity contribution < 1.29 is 45.8 Å². The summed E-state index contributed by atoms with van der Waals surface area (Å²) in [6, 6.07) is 0. The van der Waals surface area contributed by atoms with Crippen LogP contribution in [0, 0.1) is 0 Å². The van der Waals surface area contributed by atoms with Gasteiger partial charge in [0.15, 0.2) is 0 Å². The van der Waals surface area contributed by atoms with Crippen molar-refractivity contribution in [2.75, 3.05) is 13.2 Å². The quantitative estimate of drug-likeness (QED) is 0.253. The predicted octanol–water partition coefficient (Wildman–Crippen LogP) is 2.35. The molecule has 6 nitrogen and oxygen atoms in total. The minimum absolute atomic E-state index is 0. The molecule has 0 aromatic heterocycles. The second kappa shape index (κ2) is 16.0. The molecule has 0 spiro atoms. The van der Waals surface area contributed by atoms with E-state index < -0.39 is 11.9 Å². The number of ether oxygens (including phenoxy) is 2. The summed E-state index contributed by atoms with van der Waals surface area (Å²) < 4.78 is 9.02. The molecule has 0 aliphatic carbocycles. The Kier molecular flexibility index (Phi) is 18.4. The number of carbonyl (C=O) groups is 2. The van der Waals surface area contributed by atoms with Crippen molar-refractivity contribution in [1.82, 2.24) is 0 Å². The molecule has 7 heteroatoms. The zero-order valence-electron chi connectivity index (χ0n) is 12.0. The summed E-state index contributed by atoms with van der Waals surface area (Å²) in [5.41, 5.74) is 0. The Morgan fingerprint density at radius 3 is 1.38 bits per heavy atom. The molecule has 0 aromatic carbocycles. The van der Waals surface area contributed by atoms with E-state index >= 15 is 0 Å². The third-order valence-electron chi connectivity index (χ3n) is 1.34. The molecule has 0 aromatic rings. The van der Waals surface area contributed by atoms with Crippen LogP contribution in [0.2, 0.25) is 0 Å². The monoisotopic (exact) mass is 342 g/mol. The fourth-order valence-corrected chi connectivity index (χ4v) is 0.707. The Bertz CT molecular complexity index is 352. The normalized spacial score (nSPS) is 10.2. The van der Waals surface area contributed by atoms with Gasteiger partial charge in [-0.3, -0.25) is 0 Å². The Morgan fingerprint density at radius 2 is 1.19 bits per heavy atom. The average molecular weight is 343 g/mol. The SMILES string of the molecule is C=CCOC(=O)/C=C(\C)O.C=CCOC(=O)/C=C(\C)O.[Ni]. The summed E-state index contributed by atoms with van der Waals surface area (Å²) in [4.78, 5) is 21.0. The third kappa shape index (κ3) is 23.5. The Morgan fingerprint density at radius 1 is 0.905 bits per heavy atom. The van der Waals surface area contributed by atoms with E-state index in [0.717, 1.165) is 12.2 Å². The van der Waals surface area contributed by atoms with E-state index in [1.54, 1.807) is 0 Å². The van der Waals surface area contributed by atoms with Gasteiger partial charge in [0.2, 0.25) is 0 Å². The number of aliphatic hydroxyl groups excluding tert-OH is 2. The first kappa shape index (κ1) is 24.0. The van der Waals surface area contributed by atoms with E-state index in [0.29, 0.717) is 0 Å². The van der Waals surface area contributed by atoms with Crippen LogP contribution in [0.1, 0.15) is 13.8 Å². The van der Waals surface area contributed by atoms with Gasteiger partial charge in [0.25, 0.3) is 0 Å². The number of hydrogen-bond donors (Lipinski definition) is 2. The second-order valence-electron chi connectivity index (χ2n) is 3.41. The Labute approximate surface area is 134 Å². The molecule has 0 aliphatic rings. The van der Waals surface area contributed by atoms with Crippen molar-refractivity contribution in [2.45, 2.75) is 13.8 Å². The molecule has 0 unspecified atom stereocenters. The molecule has 0 saturated carbocycles. The zero-order chi connectivity index (χ0) is 16.0. The Hall–Kier alpha value is -2.01. The summed E-state index contributed by atoms with van der Waals surface area (Å²) in [7, 11) is 0. The second-order valence-corrected chi connectivity index (χ2v) is 3.41. The molecule has 0 heterocycles. The van der Waals surface area contributed by atoms with E-state index in [9.17, 15) is 9.59 Å². The minimum Gasteiger partial charge on any atom is -0.512 e. The van der Waals surface area contributed by atoms with Crippen molar-refractivity contribution >= 4 is 11.9 Å². The van der Waals surface area contributed by atoms with E-state index in [4.69, 9.17) is 10.2 Å². The fraction of sp³-hybridized carbons (Fsp3) is 0.286. The van der Waals surface area contributed by atoms with E-state index in [1.807, 2.05) is 0 Å². The van der Waals surface area contributed by atoms with Gasteiger partial charge in [-0.15, -0.1) is 0 Å². The van der Waals surface area contributed by atoms with Gasteiger partial charge >= 0.3 is 11.9 Å². The molecule has 0 bridgehead atoms. The molecule has 2 N–H and O–H groups in total. The van der Waals surface area contributed by atoms with Gasteiger partial charge in [-0.25, -0.2) is 9.59 Å². The topological polar surface area (TPSA) is 93.1 Å². The standard InChI is InChI=1S/2C7H10O3.Ni/c2*1-3-4-10-7(9)5-6(2)8;/h2*3,5,8H,1,4H2,2H3;/b2*6-5+;. The molecular formula is C14H20NiO6.